The summed E-state index contributed by atoms with van der Waals surface area (Å²) in [5.74, 6) is 0.0904. The van der Waals surface area contributed by atoms with Gasteiger partial charge < -0.3 is 10.1 Å². The van der Waals surface area contributed by atoms with E-state index < -0.39 is 0 Å². The summed E-state index contributed by atoms with van der Waals surface area (Å²) >= 11 is 1.59. The Labute approximate surface area is 149 Å². The Morgan fingerprint density at radius 2 is 1.88 bits per heavy atom. The predicted octanol–water partition coefficient (Wildman–Crippen LogP) is 3.95. The van der Waals surface area contributed by atoms with Crippen molar-refractivity contribution >= 4 is 17.2 Å². The highest BCUT2D eigenvalue weighted by molar-refractivity contribution is 7.13. The second-order valence-electron chi connectivity index (χ2n) is 5.51. The number of thiazole rings is 1. The van der Waals surface area contributed by atoms with Gasteiger partial charge in [-0.05, 0) is 48.9 Å². The number of carbonyl (C=O) groups is 1. The number of carbonyl (C=O) groups excluding carboxylic acids is 1. The Hall–Kier alpha value is -2.73. The van der Waals surface area contributed by atoms with E-state index in [1.165, 1.54) is 12.1 Å². The number of ether oxygens (including phenoxy) is 1. The van der Waals surface area contributed by atoms with Gasteiger partial charge in [0.05, 0.1) is 0 Å². The highest BCUT2D eigenvalue weighted by Gasteiger charge is 2.05. The second kappa shape index (κ2) is 7.90. The highest BCUT2D eigenvalue weighted by atomic mass is 32.1. The molecule has 0 saturated heterocycles. The van der Waals surface area contributed by atoms with Gasteiger partial charge in [0.2, 0.25) is 0 Å². The summed E-state index contributed by atoms with van der Waals surface area (Å²) < 4.78 is 18.3. The van der Waals surface area contributed by atoms with E-state index >= 15 is 0 Å². The van der Waals surface area contributed by atoms with E-state index in [0.717, 1.165) is 21.8 Å². The fraction of sp³-hybridized carbons (Fsp3) is 0.158. The summed E-state index contributed by atoms with van der Waals surface area (Å²) in [6.07, 6.45) is 0. The number of amides is 1. The Morgan fingerprint density at radius 1 is 1.16 bits per heavy atom. The van der Waals surface area contributed by atoms with Gasteiger partial charge >= 0.3 is 0 Å². The Kier molecular flexibility index (Phi) is 5.40. The van der Waals surface area contributed by atoms with E-state index in [2.05, 4.69) is 10.3 Å². The molecule has 1 aromatic heterocycles. The summed E-state index contributed by atoms with van der Waals surface area (Å²) in [5.41, 5.74) is 2.85. The average Bonchev–Trinajstić information content (AvgIpc) is 3.06. The van der Waals surface area contributed by atoms with Crippen LogP contribution in [-0.4, -0.2) is 17.5 Å². The van der Waals surface area contributed by atoms with Gasteiger partial charge in [0.25, 0.3) is 5.91 Å². The molecule has 0 unspecified atom stereocenters. The molecule has 3 rings (SSSR count). The van der Waals surface area contributed by atoms with Crippen molar-refractivity contribution in [3.63, 3.8) is 0 Å². The third-order valence-corrected chi connectivity index (χ3v) is 4.50. The summed E-state index contributed by atoms with van der Waals surface area (Å²) in [5, 5.41) is 5.70. The molecule has 0 saturated carbocycles. The zero-order chi connectivity index (χ0) is 17.6. The zero-order valence-electron chi connectivity index (χ0n) is 13.7. The lowest BCUT2D eigenvalue weighted by molar-refractivity contribution is -0.123. The predicted molar refractivity (Wildman–Crippen MR) is 96.0 cm³/mol. The number of aromatic nitrogens is 1. The topological polar surface area (TPSA) is 51.2 Å². The summed E-state index contributed by atoms with van der Waals surface area (Å²) in [6.45, 7) is 2.23. The van der Waals surface area contributed by atoms with Gasteiger partial charge in [-0.15, -0.1) is 11.3 Å². The third kappa shape index (κ3) is 4.87. The van der Waals surface area contributed by atoms with Gasteiger partial charge in [-0.1, -0.05) is 12.1 Å². The van der Waals surface area contributed by atoms with Crippen molar-refractivity contribution in [3.05, 3.63) is 71.0 Å². The fourth-order valence-electron chi connectivity index (χ4n) is 2.18. The van der Waals surface area contributed by atoms with Gasteiger partial charge in [-0.25, -0.2) is 9.37 Å². The average molecular weight is 356 g/mol. The van der Waals surface area contributed by atoms with E-state index in [9.17, 15) is 9.18 Å². The summed E-state index contributed by atoms with van der Waals surface area (Å²) in [4.78, 5) is 16.3. The summed E-state index contributed by atoms with van der Waals surface area (Å²) in [7, 11) is 0. The van der Waals surface area contributed by atoms with Crippen LogP contribution < -0.4 is 10.1 Å². The molecule has 1 N–H and O–H groups in total. The second-order valence-corrected chi connectivity index (χ2v) is 6.37. The van der Waals surface area contributed by atoms with E-state index in [1.54, 1.807) is 23.5 Å². The van der Waals surface area contributed by atoms with Crippen molar-refractivity contribution in [2.45, 2.75) is 13.5 Å². The molecule has 0 aliphatic rings. The Morgan fingerprint density at radius 3 is 2.52 bits per heavy atom. The first-order chi connectivity index (χ1) is 12.1. The largest absolute Gasteiger partial charge is 0.484 e. The monoisotopic (exact) mass is 356 g/mol. The standard InChI is InChI=1S/C19H17FN2O2S/c1-13-12-25-19(22-13)15-4-8-17(9-5-15)24-11-18(23)21-10-14-2-6-16(20)7-3-14/h2-9,12H,10-11H2,1H3,(H,21,23). The van der Waals surface area contributed by atoms with E-state index in [1.807, 2.05) is 36.6 Å². The molecule has 0 bridgehead atoms. The van der Waals surface area contributed by atoms with Gasteiger partial charge in [0.1, 0.15) is 16.6 Å². The Bertz CT molecular complexity index is 845. The fourth-order valence-corrected chi connectivity index (χ4v) is 2.99. The number of benzene rings is 2. The minimum absolute atomic E-state index is 0.0725. The highest BCUT2D eigenvalue weighted by Crippen LogP contribution is 2.25. The molecule has 6 heteroatoms. The van der Waals surface area contributed by atoms with Crippen LogP contribution in [-0.2, 0) is 11.3 Å². The van der Waals surface area contributed by atoms with E-state index in [4.69, 9.17) is 4.74 Å². The molecule has 4 nitrogen and oxygen atoms in total. The molecule has 0 atom stereocenters. The molecule has 2 aromatic carbocycles. The lowest BCUT2D eigenvalue weighted by Gasteiger charge is -2.08. The number of hydrogen-bond donors (Lipinski definition) is 1. The molecule has 0 radical (unpaired) electrons. The number of aryl methyl sites for hydroxylation is 1. The lowest BCUT2D eigenvalue weighted by atomic mass is 10.2. The van der Waals surface area contributed by atoms with Crippen LogP contribution in [0.15, 0.2) is 53.9 Å². The van der Waals surface area contributed by atoms with Crippen molar-refractivity contribution < 1.29 is 13.9 Å². The molecule has 1 heterocycles. The van der Waals surface area contributed by atoms with Crippen molar-refractivity contribution in [3.8, 4) is 16.3 Å². The third-order valence-electron chi connectivity index (χ3n) is 3.49. The molecule has 25 heavy (non-hydrogen) atoms. The minimum Gasteiger partial charge on any atom is -0.484 e. The molecule has 0 aliphatic heterocycles. The number of halogens is 1. The quantitative estimate of drug-likeness (QED) is 0.727. The van der Waals surface area contributed by atoms with Gasteiger partial charge in [-0.2, -0.15) is 0 Å². The maximum atomic E-state index is 12.8. The van der Waals surface area contributed by atoms with Gasteiger partial charge in [0, 0.05) is 23.2 Å². The summed E-state index contributed by atoms with van der Waals surface area (Å²) in [6, 6.07) is 13.5. The van der Waals surface area contributed by atoms with Gasteiger partial charge in [-0.3, -0.25) is 4.79 Å². The van der Waals surface area contributed by atoms with Crippen LogP contribution in [0.1, 0.15) is 11.3 Å². The van der Waals surface area contributed by atoms with E-state index in [-0.39, 0.29) is 18.3 Å². The Balaban J connectivity index is 1.47. The number of nitrogens with one attached hydrogen (secondary N) is 1. The van der Waals surface area contributed by atoms with Crippen LogP contribution >= 0.6 is 11.3 Å². The SMILES string of the molecule is Cc1csc(-c2ccc(OCC(=O)NCc3ccc(F)cc3)cc2)n1. The van der Waals surface area contributed by atoms with Crippen LogP contribution in [0.5, 0.6) is 5.75 Å². The first-order valence-corrected chi connectivity index (χ1v) is 8.64. The van der Waals surface area contributed by atoms with Crippen LogP contribution in [0, 0.1) is 12.7 Å². The smallest absolute Gasteiger partial charge is 0.258 e. The lowest BCUT2D eigenvalue weighted by Crippen LogP contribution is -2.28. The minimum atomic E-state index is -0.297. The van der Waals surface area contributed by atoms with Crippen molar-refractivity contribution in [2.75, 3.05) is 6.61 Å². The number of rotatable bonds is 6. The molecule has 0 spiro atoms. The molecule has 3 aromatic rings. The van der Waals surface area contributed by atoms with Crippen molar-refractivity contribution in [1.29, 1.82) is 0 Å². The van der Waals surface area contributed by atoms with Crippen molar-refractivity contribution in [1.82, 2.24) is 10.3 Å². The first kappa shape index (κ1) is 17.1. The molecular formula is C19H17FN2O2S. The maximum Gasteiger partial charge on any atom is 0.258 e. The van der Waals surface area contributed by atoms with Crippen LogP contribution in [0.3, 0.4) is 0 Å². The van der Waals surface area contributed by atoms with Crippen LogP contribution in [0.4, 0.5) is 4.39 Å². The number of hydrogen-bond acceptors (Lipinski definition) is 4. The maximum absolute atomic E-state index is 12.8. The van der Waals surface area contributed by atoms with Crippen LogP contribution in [0.25, 0.3) is 10.6 Å². The zero-order valence-corrected chi connectivity index (χ0v) is 14.5. The molecule has 0 aliphatic carbocycles. The number of nitrogens with zero attached hydrogens (tertiary/aromatic N) is 1. The molecule has 128 valence electrons. The normalized spacial score (nSPS) is 10.5. The van der Waals surface area contributed by atoms with Crippen molar-refractivity contribution in [2.24, 2.45) is 0 Å². The van der Waals surface area contributed by atoms with E-state index in [0.29, 0.717) is 12.3 Å². The molecule has 1 amide bonds. The molecular weight excluding hydrogens is 339 g/mol. The van der Waals surface area contributed by atoms with Crippen LogP contribution in [0.2, 0.25) is 0 Å². The first-order valence-electron chi connectivity index (χ1n) is 7.77. The molecule has 0 fully saturated rings. The van der Waals surface area contributed by atoms with Gasteiger partial charge in [0.15, 0.2) is 6.61 Å².